The van der Waals surface area contributed by atoms with Crippen LogP contribution in [0.1, 0.15) is 0 Å². The number of nitrogens with one attached hydrogen (secondary N) is 1. The summed E-state index contributed by atoms with van der Waals surface area (Å²) in [6.45, 7) is 0. The topological polar surface area (TPSA) is 85.1 Å². The first-order valence-electron chi connectivity index (χ1n) is 5.07. The zero-order valence-electron chi connectivity index (χ0n) is 9.47. The standard InChI is InChI=1S/C11H9BrFN3O2S/c12-8-6-15-4-3-11(8)16-19(17,18)7-1-2-10(14)9(13)5-7/h1-6H,14H2,(H,15,16). The van der Waals surface area contributed by atoms with Crippen LogP contribution >= 0.6 is 15.9 Å². The number of sulfonamides is 1. The van der Waals surface area contributed by atoms with Gasteiger partial charge in [-0.1, -0.05) is 0 Å². The summed E-state index contributed by atoms with van der Waals surface area (Å²) in [5.41, 5.74) is 5.51. The Hall–Kier alpha value is -1.67. The van der Waals surface area contributed by atoms with E-state index in [4.69, 9.17) is 5.73 Å². The highest BCUT2D eigenvalue weighted by molar-refractivity contribution is 9.10. The summed E-state index contributed by atoms with van der Waals surface area (Å²) < 4.78 is 40.2. The van der Waals surface area contributed by atoms with Crippen LogP contribution in [0, 0.1) is 5.82 Å². The third-order valence-corrected chi connectivity index (χ3v) is 4.29. The smallest absolute Gasteiger partial charge is 0.262 e. The van der Waals surface area contributed by atoms with Crippen LogP contribution in [0.15, 0.2) is 46.0 Å². The lowest BCUT2D eigenvalue weighted by Gasteiger charge is -2.09. The van der Waals surface area contributed by atoms with Crippen LogP contribution < -0.4 is 10.5 Å². The van der Waals surface area contributed by atoms with Gasteiger partial charge in [0.1, 0.15) is 5.82 Å². The van der Waals surface area contributed by atoms with Crippen LogP contribution in [0.3, 0.4) is 0 Å². The first-order chi connectivity index (χ1) is 8.90. The second-order valence-electron chi connectivity index (χ2n) is 3.64. The van der Waals surface area contributed by atoms with Crippen molar-refractivity contribution in [3.8, 4) is 0 Å². The fourth-order valence-corrected chi connectivity index (χ4v) is 2.91. The summed E-state index contributed by atoms with van der Waals surface area (Å²) in [5, 5.41) is 0. The number of nitrogen functional groups attached to an aromatic ring is 1. The largest absolute Gasteiger partial charge is 0.396 e. The molecule has 1 aromatic carbocycles. The van der Waals surface area contributed by atoms with Crippen LogP contribution in [0.25, 0.3) is 0 Å². The maximum absolute atomic E-state index is 13.3. The van der Waals surface area contributed by atoms with Crippen molar-refractivity contribution in [2.24, 2.45) is 0 Å². The van der Waals surface area contributed by atoms with E-state index in [2.05, 4.69) is 25.6 Å². The Balaban J connectivity index is 2.38. The number of hydrogen-bond acceptors (Lipinski definition) is 4. The number of hydrogen-bond donors (Lipinski definition) is 2. The lowest BCUT2D eigenvalue weighted by Crippen LogP contribution is -2.13. The fraction of sp³-hybridized carbons (Fsp3) is 0. The van der Waals surface area contributed by atoms with Gasteiger partial charge in [-0.2, -0.15) is 0 Å². The molecule has 8 heteroatoms. The van der Waals surface area contributed by atoms with Gasteiger partial charge in [0.05, 0.1) is 20.7 Å². The van der Waals surface area contributed by atoms with Crippen molar-refractivity contribution >= 4 is 37.3 Å². The minimum Gasteiger partial charge on any atom is -0.396 e. The lowest BCUT2D eigenvalue weighted by atomic mass is 10.3. The second-order valence-corrected chi connectivity index (χ2v) is 6.18. The molecule has 0 atom stereocenters. The minimum absolute atomic E-state index is 0.107. The SMILES string of the molecule is Nc1ccc(S(=O)(=O)Nc2ccncc2Br)cc1F. The van der Waals surface area contributed by atoms with E-state index >= 15 is 0 Å². The van der Waals surface area contributed by atoms with Gasteiger partial charge in [-0.25, -0.2) is 12.8 Å². The molecule has 0 aliphatic heterocycles. The van der Waals surface area contributed by atoms with Gasteiger partial charge in [0.2, 0.25) is 0 Å². The molecule has 0 unspecified atom stereocenters. The first-order valence-corrected chi connectivity index (χ1v) is 7.35. The van der Waals surface area contributed by atoms with Crippen LogP contribution in [-0.2, 0) is 10.0 Å². The Kier molecular flexibility index (Phi) is 3.72. The van der Waals surface area contributed by atoms with Crippen LogP contribution in [0.5, 0.6) is 0 Å². The molecule has 0 radical (unpaired) electrons. The molecule has 3 N–H and O–H groups in total. The van der Waals surface area contributed by atoms with E-state index in [0.717, 1.165) is 6.07 Å². The van der Waals surface area contributed by atoms with E-state index < -0.39 is 15.8 Å². The summed E-state index contributed by atoms with van der Waals surface area (Å²) in [7, 11) is -3.88. The molecule has 2 rings (SSSR count). The second kappa shape index (κ2) is 5.14. The molecular weight excluding hydrogens is 337 g/mol. The highest BCUT2D eigenvalue weighted by Crippen LogP contribution is 2.24. The summed E-state index contributed by atoms with van der Waals surface area (Å²) in [5.74, 6) is -0.781. The number of rotatable bonds is 3. The number of nitrogens with zero attached hydrogens (tertiary/aromatic N) is 1. The zero-order chi connectivity index (χ0) is 14.0. The van der Waals surface area contributed by atoms with Crippen LogP contribution in [-0.4, -0.2) is 13.4 Å². The molecule has 1 heterocycles. The van der Waals surface area contributed by atoms with Crippen molar-refractivity contribution in [2.45, 2.75) is 4.90 Å². The zero-order valence-corrected chi connectivity index (χ0v) is 11.9. The molecule has 0 saturated carbocycles. The normalized spacial score (nSPS) is 11.3. The fourth-order valence-electron chi connectivity index (χ4n) is 1.34. The molecule has 0 bridgehead atoms. The van der Waals surface area contributed by atoms with Gasteiger partial charge >= 0.3 is 0 Å². The lowest BCUT2D eigenvalue weighted by molar-refractivity contribution is 0.596. The van der Waals surface area contributed by atoms with Gasteiger partial charge in [-0.15, -0.1) is 0 Å². The van der Waals surface area contributed by atoms with E-state index in [9.17, 15) is 12.8 Å². The van der Waals surface area contributed by atoms with E-state index in [-0.39, 0.29) is 10.6 Å². The van der Waals surface area contributed by atoms with E-state index in [1.165, 1.54) is 30.6 Å². The minimum atomic E-state index is -3.88. The Labute approximate surface area is 117 Å². The predicted octanol–water partition coefficient (Wildman–Crippen LogP) is 2.37. The van der Waals surface area contributed by atoms with E-state index in [0.29, 0.717) is 10.2 Å². The van der Waals surface area contributed by atoms with Crippen molar-refractivity contribution in [3.63, 3.8) is 0 Å². The van der Waals surface area contributed by atoms with Crippen molar-refractivity contribution in [1.29, 1.82) is 0 Å². The van der Waals surface area contributed by atoms with Crippen LogP contribution in [0.2, 0.25) is 0 Å². The molecule has 0 saturated heterocycles. The Bertz CT molecular complexity index is 722. The van der Waals surface area contributed by atoms with Crippen molar-refractivity contribution in [2.75, 3.05) is 10.5 Å². The summed E-state index contributed by atoms with van der Waals surface area (Å²) in [4.78, 5) is 3.61. The van der Waals surface area contributed by atoms with Gasteiger partial charge in [-0.05, 0) is 40.2 Å². The molecule has 1 aromatic heterocycles. The number of benzene rings is 1. The summed E-state index contributed by atoms with van der Waals surface area (Å²) in [6.07, 6.45) is 2.88. The molecule has 5 nitrogen and oxygen atoms in total. The third-order valence-electron chi connectivity index (χ3n) is 2.30. The Morgan fingerprint density at radius 1 is 1.32 bits per heavy atom. The van der Waals surface area contributed by atoms with Crippen molar-refractivity contribution in [3.05, 3.63) is 46.9 Å². The summed E-state index contributed by atoms with van der Waals surface area (Å²) in [6, 6.07) is 4.78. The van der Waals surface area contributed by atoms with Crippen molar-refractivity contribution < 1.29 is 12.8 Å². The van der Waals surface area contributed by atoms with Gasteiger partial charge < -0.3 is 5.73 Å². The number of pyridine rings is 1. The Morgan fingerprint density at radius 3 is 2.68 bits per heavy atom. The highest BCUT2D eigenvalue weighted by Gasteiger charge is 2.17. The first kappa shape index (κ1) is 13.8. The highest BCUT2D eigenvalue weighted by atomic mass is 79.9. The molecular formula is C11H9BrFN3O2S. The maximum Gasteiger partial charge on any atom is 0.262 e. The molecule has 100 valence electrons. The molecule has 0 aliphatic rings. The molecule has 0 spiro atoms. The average Bonchev–Trinajstić information content (AvgIpc) is 2.35. The Morgan fingerprint density at radius 2 is 2.05 bits per heavy atom. The quantitative estimate of drug-likeness (QED) is 0.836. The van der Waals surface area contributed by atoms with Gasteiger partial charge in [0.25, 0.3) is 10.0 Å². The van der Waals surface area contributed by atoms with Gasteiger partial charge in [0.15, 0.2) is 0 Å². The molecule has 0 aliphatic carbocycles. The predicted molar refractivity (Wildman–Crippen MR) is 73.6 cm³/mol. The van der Waals surface area contributed by atoms with Crippen molar-refractivity contribution in [1.82, 2.24) is 4.98 Å². The van der Waals surface area contributed by atoms with Crippen LogP contribution in [0.4, 0.5) is 15.8 Å². The molecule has 0 amide bonds. The molecule has 2 aromatic rings. The van der Waals surface area contributed by atoms with Gasteiger partial charge in [-0.3, -0.25) is 9.71 Å². The van der Waals surface area contributed by atoms with E-state index in [1.807, 2.05) is 0 Å². The number of anilines is 2. The third kappa shape index (κ3) is 3.02. The molecule has 0 fully saturated rings. The van der Waals surface area contributed by atoms with E-state index in [1.54, 1.807) is 0 Å². The summed E-state index contributed by atoms with van der Waals surface area (Å²) >= 11 is 3.16. The number of nitrogens with two attached hydrogens (primary N) is 1. The number of halogens is 2. The number of aromatic nitrogens is 1. The molecule has 19 heavy (non-hydrogen) atoms. The maximum atomic E-state index is 13.3. The average molecular weight is 346 g/mol. The monoisotopic (exact) mass is 345 g/mol. The van der Waals surface area contributed by atoms with Gasteiger partial charge in [0, 0.05) is 12.4 Å².